The van der Waals surface area contributed by atoms with Crippen LogP contribution in [0.3, 0.4) is 0 Å². The van der Waals surface area contributed by atoms with Crippen LogP contribution in [0.5, 0.6) is 0 Å². The van der Waals surface area contributed by atoms with Gasteiger partial charge >= 0.3 is 6.03 Å². The number of carbonyl (C=O) groups is 1. The Morgan fingerprint density at radius 3 is 2.35 bits per heavy atom. The summed E-state index contributed by atoms with van der Waals surface area (Å²) in [6, 6.07) is 1.53. The third kappa shape index (κ3) is 3.28. The lowest BCUT2D eigenvalue weighted by molar-refractivity contribution is 0.184. The normalized spacial score (nSPS) is 17.2. The Bertz CT molecular complexity index is 582. The molecule has 0 atom stereocenters. The highest BCUT2D eigenvalue weighted by Gasteiger charge is 2.26. The number of hydrogen-bond acceptors (Lipinski definition) is 4. The van der Waals surface area contributed by atoms with Crippen molar-refractivity contribution >= 4 is 21.9 Å². The van der Waals surface area contributed by atoms with Crippen LogP contribution < -0.4 is 5.32 Å². The van der Waals surface area contributed by atoms with E-state index >= 15 is 0 Å². The number of urea groups is 1. The van der Waals surface area contributed by atoms with Crippen molar-refractivity contribution in [3.05, 3.63) is 11.8 Å². The summed E-state index contributed by atoms with van der Waals surface area (Å²) >= 11 is 0. The highest BCUT2D eigenvalue weighted by Crippen LogP contribution is 2.10. The van der Waals surface area contributed by atoms with Crippen LogP contribution in [0.25, 0.3) is 0 Å². The average Bonchev–Trinajstić information content (AvgIpc) is 2.67. The summed E-state index contributed by atoms with van der Waals surface area (Å²) in [7, 11) is -1.38. The smallest absolute Gasteiger partial charge is 0.322 e. The van der Waals surface area contributed by atoms with E-state index in [1.165, 1.54) is 10.6 Å². The molecule has 2 amide bonds. The summed E-state index contributed by atoms with van der Waals surface area (Å²) in [6.45, 7) is 3.31. The zero-order valence-electron chi connectivity index (χ0n) is 11.8. The molecule has 0 radical (unpaired) electrons. The van der Waals surface area contributed by atoms with Crippen molar-refractivity contribution < 1.29 is 13.2 Å². The van der Waals surface area contributed by atoms with Gasteiger partial charge in [-0.1, -0.05) is 0 Å². The molecule has 0 unspecified atom stereocenters. The SMILES string of the molecule is Cc1cc(NC(=O)N2CCN(S(C)(=O)=O)CC2)nn1C. The van der Waals surface area contributed by atoms with E-state index in [1.807, 2.05) is 6.92 Å². The number of aryl methyl sites for hydroxylation is 2. The topological polar surface area (TPSA) is 87.5 Å². The standard InChI is InChI=1S/C11H19N5O3S/c1-9-8-10(13-14(9)2)12-11(17)15-4-6-16(7-5-15)20(3,18)19/h8H,4-7H2,1-3H3,(H,12,13,17). The molecule has 2 heterocycles. The number of hydrogen-bond donors (Lipinski definition) is 1. The lowest BCUT2D eigenvalue weighted by atomic mass is 10.4. The number of anilines is 1. The van der Waals surface area contributed by atoms with Gasteiger partial charge in [0.05, 0.1) is 6.26 Å². The molecule has 1 saturated heterocycles. The molecule has 0 aliphatic carbocycles. The Kier molecular flexibility index (Phi) is 4.00. The van der Waals surface area contributed by atoms with E-state index in [0.29, 0.717) is 32.0 Å². The van der Waals surface area contributed by atoms with E-state index in [0.717, 1.165) is 5.69 Å². The number of sulfonamides is 1. The van der Waals surface area contributed by atoms with E-state index in [9.17, 15) is 13.2 Å². The van der Waals surface area contributed by atoms with Crippen LogP contribution >= 0.6 is 0 Å². The first-order chi connectivity index (χ1) is 9.27. The van der Waals surface area contributed by atoms with E-state index < -0.39 is 10.0 Å². The molecule has 0 bridgehead atoms. The molecule has 20 heavy (non-hydrogen) atoms. The summed E-state index contributed by atoms with van der Waals surface area (Å²) in [5, 5.41) is 6.86. The van der Waals surface area contributed by atoms with Crippen LogP contribution in [0.1, 0.15) is 5.69 Å². The second-order valence-corrected chi connectivity index (χ2v) is 6.86. The Hall–Kier alpha value is -1.61. The number of carbonyl (C=O) groups excluding carboxylic acids is 1. The zero-order chi connectivity index (χ0) is 14.9. The molecule has 0 spiro atoms. The second kappa shape index (κ2) is 5.41. The van der Waals surface area contributed by atoms with Gasteiger partial charge in [0, 0.05) is 45.0 Å². The van der Waals surface area contributed by atoms with Crippen LogP contribution in [-0.4, -0.2) is 65.9 Å². The molecule has 1 aromatic rings. The fourth-order valence-corrected chi connectivity index (χ4v) is 2.86. The van der Waals surface area contributed by atoms with E-state index in [1.54, 1.807) is 22.7 Å². The predicted molar refractivity (Wildman–Crippen MR) is 75.0 cm³/mol. The first kappa shape index (κ1) is 14.8. The molecule has 0 aromatic carbocycles. The lowest BCUT2D eigenvalue weighted by Crippen LogP contribution is -2.51. The molecule has 8 nitrogen and oxygen atoms in total. The molecule has 9 heteroatoms. The summed E-state index contributed by atoms with van der Waals surface area (Å²) < 4.78 is 25.8. The number of piperazine rings is 1. The number of nitrogens with zero attached hydrogens (tertiary/aromatic N) is 4. The fourth-order valence-electron chi connectivity index (χ4n) is 2.03. The van der Waals surface area contributed by atoms with Gasteiger partial charge in [-0.3, -0.25) is 10.00 Å². The van der Waals surface area contributed by atoms with Gasteiger partial charge in [0.15, 0.2) is 5.82 Å². The van der Waals surface area contributed by atoms with Crippen LogP contribution in [0.4, 0.5) is 10.6 Å². The molecule has 1 aromatic heterocycles. The summed E-state index contributed by atoms with van der Waals surface area (Å²) in [6.07, 6.45) is 1.18. The van der Waals surface area contributed by atoms with Gasteiger partial charge in [-0.05, 0) is 6.92 Å². The predicted octanol–water partition coefficient (Wildman–Crippen LogP) is -0.162. The van der Waals surface area contributed by atoms with Crippen molar-refractivity contribution in [2.24, 2.45) is 7.05 Å². The molecule has 1 aliphatic rings. The van der Waals surface area contributed by atoms with Gasteiger partial charge in [0.2, 0.25) is 10.0 Å². The van der Waals surface area contributed by atoms with Crippen LogP contribution in [-0.2, 0) is 17.1 Å². The number of nitrogens with one attached hydrogen (secondary N) is 1. The molecule has 112 valence electrons. The van der Waals surface area contributed by atoms with E-state index in [-0.39, 0.29) is 6.03 Å². The van der Waals surface area contributed by atoms with Gasteiger partial charge in [-0.2, -0.15) is 9.40 Å². The van der Waals surface area contributed by atoms with Gasteiger partial charge in [-0.25, -0.2) is 13.2 Å². The molecular formula is C11H19N5O3S. The van der Waals surface area contributed by atoms with Gasteiger partial charge in [0.1, 0.15) is 0 Å². The van der Waals surface area contributed by atoms with E-state index in [4.69, 9.17) is 0 Å². The first-order valence-electron chi connectivity index (χ1n) is 6.29. The van der Waals surface area contributed by atoms with Crippen molar-refractivity contribution in [1.82, 2.24) is 19.0 Å². The zero-order valence-corrected chi connectivity index (χ0v) is 12.6. The number of rotatable bonds is 2. The fraction of sp³-hybridized carbons (Fsp3) is 0.636. The third-order valence-electron chi connectivity index (χ3n) is 3.34. The van der Waals surface area contributed by atoms with Crippen molar-refractivity contribution in [3.8, 4) is 0 Å². The molecule has 2 rings (SSSR count). The second-order valence-electron chi connectivity index (χ2n) is 4.87. The lowest BCUT2D eigenvalue weighted by Gasteiger charge is -2.32. The Balaban J connectivity index is 1.92. The molecular weight excluding hydrogens is 282 g/mol. The Labute approximate surface area is 118 Å². The van der Waals surface area contributed by atoms with Crippen molar-refractivity contribution in [1.29, 1.82) is 0 Å². The third-order valence-corrected chi connectivity index (χ3v) is 4.65. The van der Waals surface area contributed by atoms with Crippen LogP contribution in [0.15, 0.2) is 6.07 Å². The maximum absolute atomic E-state index is 12.0. The maximum Gasteiger partial charge on any atom is 0.323 e. The summed E-state index contributed by atoms with van der Waals surface area (Å²) in [5.41, 5.74) is 0.946. The molecule has 1 fully saturated rings. The largest absolute Gasteiger partial charge is 0.323 e. The molecule has 1 aliphatic heterocycles. The average molecular weight is 301 g/mol. The number of amides is 2. The van der Waals surface area contributed by atoms with Crippen LogP contribution in [0.2, 0.25) is 0 Å². The molecule has 1 N–H and O–H groups in total. The van der Waals surface area contributed by atoms with Crippen molar-refractivity contribution in [2.75, 3.05) is 37.8 Å². The summed E-state index contributed by atoms with van der Waals surface area (Å²) in [5.74, 6) is 0.501. The molecule has 0 saturated carbocycles. The van der Waals surface area contributed by atoms with E-state index in [2.05, 4.69) is 10.4 Å². The minimum absolute atomic E-state index is 0.253. The van der Waals surface area contributed by atoms with Crippen LogP contribution in [0, 0.1) is 6.92 Å². The highest BCUT2D eigenvalue weighted by molar-refractivity contribution is 7.88. The highest BCUT2D eigenvalue weighted by atomic mass is 32.2. The van der Waals surface area contributed by atoms with Gasteiger partial charge in [-0.15, -0.1) is 0 Å². The monoisotopic (exact) mass is 301 g/mol. The number of aromatic nitrogens is 2. The van der Waals surface area contributed by atoms with Gasteiger partial charge in [0.25, 0.3) is 0 Å². The quantitative estimate of drug-likeness (QED) is 0.822. The van der Waals surface area contributed by atoms with Crippen molar-refractivity contribution in [3.63, 3.8) is 0 Å². The minimum atomic E-state index is -3.18. The minimum Gasteiger partial charge on any atom is -0.322 e. The summed E-state index contributed by atoms with van der Waals surface area (Å²) in [4.78, 5) is 13.6. The van der Waals surface area contributed by atoms with Gasteiger partial charge < -0.3 is 4.90 Å². The Morgan fingerprint density at radius 1 is 1.30 bits per heavy atom. The first-order valence-corrected chi connectivity index (χ1v) is 8.14. The Morgan fingerprint density at radius 2 is 1.90 bits per heavy atom. The maximum atomic E-state index is 12.0. The van der Waals surface area contributed by atoms with Crippen molar-refractivity contribution in [2.45, 2.75) is 6.92 Å².